The van der Waals surface area contributed by atoms with Crippen LogP contribution in [0.25, 0.3) is 0 Å². The third-order valence-electron chi connectivity index (χ3n) is 5.47. The Morgan fingerprint density at radius 2 is 0.760 bits per heavy atom. The lowest BCUT2D eigenvalue weighted by atomic mass is 10.0. The highest BCUT2D eigenvalue weighted by Gasteiger charge is 2.04. The summed E-state index contributed by atoms with van der Waals surface area (Å²) in [6, 6.07) is 3.39. The van der Waals surface area contributed by atoms with Gasteiger partial charge in [0.25, 0.3) is 0 Å². The summed E-state index contributed by atoms with van der Waals surface area (Å²) in [7, 11) is 0. The Bertz CT molecular complexity index is 462. The van der Waals surface area contributed by atoms with Crippen LogP contribution in [0.3, 0.4) is 0 Å². The lowest BCUT2D eigenvalue weighted by molar-refractivity contribution is 0.427. The topological polar surface area (TPSA) is 30.2 Å². The average Bonchev–Trinajstić information content (AvgIpc) is 2.59. The van der Waals surface area contributed by atoms with E-state index < -0.39 is 0 Å². The largest absolute Gasteiger partial charge is 0.466 e. The molecule has 1 aliphatic heterocycles. The van der Waals surface area contributed by atoms with E-state index in [1.54, 1.807) is 12.1 Å². The molecule has 2 heterocycles. The summed E-state index contributed by atoms with van der Waals surface area (Å²) in [6.07, 6.45) is 23.4. The maximum atomic E-state index is 11.9. The quantitative estimate of drug-likeness (QED) is 0.507. The molecule has 2 nitrogen and oxygen atoms in total. The van der Waals surface area contributed by atoms with Crippen molar-refractivity contribution in [1.29, 1.82) is 0 Å². The molecule has 0 spiro atoms. The minimum Gasteiger partial charge on any atom is -0.466 e. The minimum absolute atomic E-state index is 0.120. The van der Waals surface area contributed by atoms with Crippen LogP contribution >= 0.6 is 0 Å². The van der Waals surface area contributed by atoms with E-state index in [1.807, 2.05) is 0 Å². The molecule has 0 saturated heterocycles. The summed E-state index contributed by atoms with van der Waals surface area (Å²) in [5, 5.41) is 0. The number of aryl methyl sites for hydroxylation is 2. The molecule has 0 aliphatic carbocycles. The van der Waals surface area contributed by atoms with Crippen LogP contribution in [0.1, 0.15) is 114 Å². The second kappa shape index (κ2) is 13.2. The van der Waals surface area contributed by atoms with Gasteiger partial charge in [0.1, 0.15) is 11.5 Å². The third kappa shape index (κ3) is 9.87. The highest BCUT2D eigenvalue weighted by molar-refractivity contribution is 5.07. The molecule has 142 valence electrons. The van der Waals surface area contributed by atoms with Crippen LogP contribution in [0.2, 0.25) is 0 Å². The molecule has 0 saturated carbocycles. The van der Waals surface area contributed by atoms with Gasteiger partial charge in [-0.05, 0) is 12.8 Å². The minimum atomic E-state index is 0.120. The molecule has 2 rings (SSSR count). The van der Waals surface area contributed by atoms with Gasteiger partial charge in [0.15, 0.2) is 5.43 Å². The third-order valence-corrected chi connectivity index (χ3v) is 5.47. The van der Waals surface area contributed by atoms with E-state index in [0.29, 0.717) is 0 Å². The van der Waals surface area contributed by atoms with Gasteiger partial charge in [0.2, 0.25) is 0 Å². The van der Waals surface area contributed by atoms with Crippen molar-refractivity contribution < 1.29 is 4.42 Å². The zero-order chi connectivity index (χ0) is 17.6. The Hall–Kier alpha value is -1.05. The molecule has 0 radical (unpaired) electrons. The molecular weight excluding hydrogens is 308 g/mol. The van der Waals surface area contributed by atoms with Crippen molar-refractivity contribution in [3.8, 4) is 0 Å². The summed E-state index contributed by atoms with van der Waals surface area (Å²) < 4.78 is 5.96. The van der Waals surface area contributed by atoms with Crippen molar-refractivity contribution in [3.05, 3.63) is 33.9 Å². The van der Waals surface area contributed by atoms with Crippen molar-refractivity contribution in [2.75, 3.05) is 0 Å². The molecule has 2 bridgehead atoms. The first-order valence-electron chi connectivity index (χ1n) is 11.0. The smallest absolute Gasteiger partial charge is 0.185 e. The van der Waals surface area contributed by atoms with Gasteiger partial charge in [0.05, 0.1) is 0 Å². The van der Waals surface area contributed by atoms with Gasteiger partial charge in [-0.1, -0.05) is 89.9 Å². The number of hydrogen-bond acceptors (Lipinski definition) is 2. The highest BCUT2D eigenvalue weighted by Crippen LogP contribution is 2.16. The van der Waals surface area contributed by atoms with Crippen LogP contribution < -0.4 is 5.43 Å². The molecule has 2 heteroatoms. The van der Waals surface area contributed by atoms with E-state index in [2.05, 4.69) is 0 Å². The first kappa shape index (κ1) is 20.3. The fraction of sp³-hybridized carbons (Fsp3) is 0.783. The molecule has 1 aromatic rings. The molecule has 0 atom stereocenters. The number of hydrogen-bond donors (Lipinski definition) is 0. The van der Waals surface area contributed by atoms with E-state index in [-0.39, 0.29) is 5.43 Å². The van der Waals surface area contributed by atoms with Gasteiger partial charge in [-0.3, -0.25) is 4.79 Å². The molecular formula is C23H38O2. The zero-order valence-corrected chi connectivity index (χ0v) is 16.2. The molecule has 1 aromatic heterocycles. The molecule has 25 heavy (non-hydrogen) atoms. The van der Waals surface area contributed by atoms with Gasteiger partial charge in [-0.2, -0.15) is 0 Å². The second-order valence-corrected chi connectivity index (χ2v) is 7.88. The molecule has 1 aliphatic rings. The molecule has 0 fully saturated rings. The van der Waals surface area contributed by atoms with E-state index in [0.717, 1.165) is 37.2 Å². The van der Waals surface area contributed by atoms with Gasteiger partial charge < -0.3 is 4.42 Å². The Kier molecular flexibility index (Phi) is 10.7. The number of rotatable bonds is 0. The molecule has 0 aromatic carbocycles. The fourth-order valence-electron chi connectivity index (χ4n) is 3.91. The van der Waals surface area contributed by atoms with Crippen molar-refractivity contribution in [2.45, 2.75) is 116 Å². The van der Waals surface area contributed by atoms with Crippen molar-refractivity contribution in [1.82, 2.24) is 0 Å². The number of fused-ring (bicyclic) bond motifs is 2. The highest BCUT2D eigenvalue weighted by atomic mass is 16.3. The van der Waals surface area contributed by atoms with Crippen LogP contribution in [0.4, 0.5) is 0 Å². The van der Waals surface area contributed by atoms with Gasteiger partial charge >= 0.3 is 0 Å². The molecule has 0 unspecified atom stereocenters. The van der Waals surface area contributed by atoms with Crippen LogP contribution in [-0.4, -0.2) is 0 Å². The monoisotopic (exact) mass is 346 g/mol. The first-order chi connectivity index (χ1) is 12.3. The van der Waals surface area contributed by atoms with E-state index in [4.69, 9.17) is 4.42 Å². The summed E-state index contributed by atoms with van der Waals surface area (Å²) in [4.78, 5) is 11.9. The van der Waals surface area contributed by atoms with Crippen molar-refractivity contribution in [3.63, 3.8) is 0 Å². The Morgan fingerprint density at radius 3 is 1.08 bits per heavy atom. The predicted octanol–water partition coefficient (Wildman–Crippen LogP) is 6.98. The molecule has 0 amide bonds. The van der Waals surface area contributed by atoms with E-state index in [9.17, 15) is 4.79 Å². The summed E-state index contributed by atoms with van der Waals surface area (Å²) >= 11 is 0. The standard InChI is InChI=1S/C23H38O2/c24-21-19-22-17-15-13-11-9-7-5-3-1-2-4-6-8-10-12-14-16-18-23(20-21)25-22/h19-20H,1-18H2. The molecule has 0 N–H and O–H groups in total. The van der Waals surface area contributed by atoms with E-state index >= 15 is 0 Å². The van der Waals surface area contributed by atoms with Gasteiger partial charge in [0, 0.05) is 25.0 Å². The predicted molar refractivity (Wildman–Crippen MR) is 106 cm³/mol. The van der Waals surface area contributed by atoms with Crippen LogP contribution in [0, 0.1) is 0 Å². The second-order valence-electron chi connectivity index (χ2n) is 7.88. The van der Waals surface area contributed by atoms with Gasteiger partial charge in [-0.15, -0.1) is 0 Å². The van der Waals surface area contributed by atoms with Crippen LogP contribution in [0.15, 0.2) is 21.3 Å². The summed E-state index contributed by atoms with van der Waals surface area (Å²) in [6.45, 7) is 0. The van der Waals surface area contributed by atoms with Gasteiger partial charge in [-0.25, -0.2) is 0 Å². The lowest BCUT2D eigenvalue weighted by Crippen LogP contribution is -2.03. The van der Waals surface area contributed by atoms with Crippen molar-refractivity contribution >= 4 is 0 Å². The van der Waals surface area contributed by atoms with Crippen LogP contribution in [-0.2, 0) is 12.8 Å². The maximum Gasteiger partial charge on any atom is 0.185 e. The Morgan fingerprint density at radius 1 is 0.480 bits per heavy atom. The Labute approximate surface area is 154 Å². The van der Waals surface area contributed by atoms with Crippen molar-refractivity contribution in [2.24, 2.45) is 0 Å². The Balaban J connectivity index is 1.78. The first-order valence-corrected chi connectivity index (χ1v) is 11.0. The maximum absolute atomic E-state index is 11.9. The van der Waals surface area contributed by atoms with Crippen LogP contribution in [0.5, 0.6) is 0 Å². The SMILES string of the molecule is O=c1cc2oc(c1)CCCCCCCCCCCCCCCCCC2. The summed E-state index contributed by atoms with van der Waals surface area (Å²) in [5.41, 5.74) is 0.120. The normalized spacial score (nSPS) is 20.5. The zero-order valence-electron chi connectivity index (χ0n) is 16.2. The van der Waals surface area contributed by atoms with E-state index in [1.165, 1.54) is 89.9 Å². The fourth-order valence-corrected chi connectivity index (χ4v) is 3.91. The average molecular weight is 347 g/mol. The lowest BCUT2D eigenvalue weighted by Gasteiger charge is -2.05. The summed E-state index contributed by atoms with van der Waals surface area (Å²) in [5.74, 6) is 1.79.